The standard InChI is InChI=1S/C9H7BrFN5O4S/c1-15-9(8(10)12-14-15)21(19,20)13-6-2-5(11)3-7(4-6)16(17)18/h2-4,13H,1H3. The van der Waals surface area contributed by atoms with E-state index in [1.54, 1.807) is 0 Å². The van der Waals surface area contributed by atoms with E-state index in [1.165, 1.54) is 7.05 Å². The van der Waals surface area contributed by atoms with Gasteiger partial charge < -0.3 is 0 Å². The first kappa shape index (κ1) is 15.3. The molecule has 0 radical (unpaired) electrons. The minimum atomic E-state index is -4.14. The van der Waals surface area contributed by atoms with Crippen LogP contribution in [0.15, 0.2) is 27.8 Å². The lowest BCUT2D eigenvalue weighted by molar-refractivity contribution is -0.385. The Bertz CT molecular complexity index is 802. The minimum absolute atomic E-state index is 0.0385. The molecule has 0 atom stereocenters. The van der Waals surface area contributed by atoms with Gasteiger partial charge >= 0.3 is 0 Å². The average Bonchev–Trinajstić information content (AvgIpc) is 2.68. The monoisotopic (exact) mass is 379 g/mol. The van der Waals surface area contributed by atoms with Crippen molar-refractivity contribution in [1.82, 2.24) is 15.0 Å². The molecule has 0 saturated carbocycles. The van der Waals surface area contributed by atoms with Crippen LogP contribution < -0.4 is 4.72 Å². The Labute approximate surface area is 126 Å². The van der Waals surface area contributed by atoms with Crippen molar-refractivity contribution in [3.05, 3.63) is 38.7 Å². The summed E-state index contributed by atoms with van der Waals surface area (Å²) in [7, 11) is -2.79. The number of nitrogens with zero attached hydrogens (tertiary/aromatic N) is 4. The first-order valence-corrected chi connectivity index (χ1v) is 7.51. The molecule has 12 heteroatoms. The molecule has 112 valence electrons. The van der Waals surface area contributed by atoms with Gasteiger partial charge in [0.2, 0.25) is 5.03 Å². The van der Waals surface area contributed by atoms with Crippen LogP contribution in [0.25, 0.3) is 0 Å². The van der Waals surface area contributed by atoms with E-state index in [1.807, 2.05) is 4.72 Å². The zero-order valence-corrected chi connectivity index (χ0v) is 12.7. The average molecular weight is 380 g/mol. The molecular weight excluding hydrogens is 373 g/mol. The molecule has 1 aromatic carbocycles. The highest BCUT2D eigenvalue weighted by Crippen LogP contribution is 2.24. The van der Waals surface area contributed by atoms with Crippen molar-refractivity contribution in [3.8, 4) is 0 Å². The molecule has 9 nitrogen and oxygen atoms in total. The third-order valence-corrected chi connectivity index (χ3v) is 4.60. The number of nitro benzene ring substituents is 1. The lowest BCUT2D eigenvalue weighted by Crippen LogP contribution is -2.17. The molecule has 0 aliphatic rings. The molecule has 1 heterocycles. The van der Waals surface area contributed by atoms with Crippen molar-refractivity contribution >= 4 is 37.3 Å². The summed E-state index contributed by atoms with van der Waals surface area (Å²) >= 11 is 2.92. The highest BCUT2D eigenvalue weighted by Gasteiger charge is 2.25. The third-order valence-electron chi connectivity index (χ3n) is 2.34. The van der Waals surface area contributed by atoms with Crippen molar-refractivity contribution < 1.29 is 17.7 Å². The Balaban J connectivity index is 2.44. The SMILES string of the molecule is Cn1nnc(Br)c1S(=O)(=O)Nc1cc(F)cc([N+](=O)[O-])c1. The van der Waals surface area contributed by atoms with Crippen molar-refractivity contribution in [2.24, 2.45) is 7.05 Å². The quantitative estimate of drug-likeness (QED) is 0.633. The first-order valence-electron chi connectivity index (χ1n) is 5.23. The molecule has 1 N–H and O–H groups in total. The van der Waals surface area contributed by atoms with Crippen LogP contribution in [0.5, 0.6) is 0 Å². The molecule has 0 aliphatic heterocycles. The molecule has 0 bridgehead atoms. The molecule has 0 aliphatic carbocycles. The second-order valence-electron chi connectivity index (χ2n) is 3.87. The maximum atomic E-state index is 13.3. The van der Waals surface area contributed by atoms with Gasteiger partial charge in [0.05, 0.1) is 16.7 Å². The summed E-state index contributed by atoms with van der Waals surface area (Å²) in [4.78, 5) is 9.81. The van der Waals surface area contributed by atoms with Crippen LogP contribution in [0.3, 0.4) is 0 Å². The maximum absolute atomic E-state index is 13.3. The number of hydrogen-bond donors (Lipinski definition) is 1. The summed E-state index contributed by atoms with van der Waals surface area (Å²) in [6, 6.07) is 2.40. The van der Waals surface area contributed by atoms with E-state index in [0.717, 1.165) is 16.8 Å². The highest BCUT2D eigenvalue weighted by atomic mass is 79.9. The fourth-order valence-corrected chi connectivity index (χ4v) is 3.69. The summed E-state index contributed by atoms with van der Waals surface area (Å²) in [6.07, 6.45) is 0. The molecule has 0 fully saturated rings. The van der Waals surface area contributed by atoms with E-state index >= 15 is 0 Å². The Morgan fingerprint density at radius 2 is 2.10 bits per heavy atom. The molecule has 0 unspecified atom stereocenters. The van der Waals surface area contributed by atoms with Crippen LogP contribution in [0.4, 0.5) is 15.8 Å². The number of non-ortho nitro benzene ring substituents is 1. The van der Waals surface area contributed by atoms with Crippen LogP contribution in [-0.4, -0.2) is 28.3 Å². The maximum Gasteiger partial charge on any atom is 0.281 e. The summed E-state index contributed by atoms with van der Waals surface area (Å²) in [5.41, 5.74) is -0.857. The van der Waals surface area contributed by atoms with Crippen LogP contribution in [0, 0.1) is 15.9 Å². The van der Waals surface area contributed by atoms with Crippen molar-refractivity contribution in [1.29, 1.82) is 0 Å². The zero-order chi connectivity index (χ0) is 15.8. The smallest absolute Gasteiger partial charge is 0.278 e. The lowest BCUT2D eigenvalue weighted by atomic mass is 10.3. The van der Waals surface area contributed by atoms with Crippen molar-refractivity contribution in [3.63, 3.8) is 0 Å². The van der Waals surface area contributed by atoms with Gasteiger partial charge in [-0.2, -0.15) is 8.42 Å². The zero-order valence-electron chi connectivity index (χ0n) is 10.3. The van der Waals surface area contributed by atoms with Crippen molar-refractivity contribution in [2.75, 3.05) is 4.72 Å². The second kappa shape index (κ2) is 5.37. The van der Waals surface area contributed by atoms with Gasteiger partial charge in [0.25, 0.3) is 15.7 Å². The van der Waals surface area contributed by atoms with E-state index in [0.29, 0.717) is 6.07 Å². The number of sulfonamides is 1. The van der Waals surface area contributed by atoms with Gasteiger partial charge in [0, 0.05) is 13.1 Å². The van der Waals surface area contributed by atoms with E-state index in [-0.39, 0.29) is 15.3 Å². The normalized spacial score (nSPS) is 11.4. The van der Waals surface area contributed by atoms with Gasteiger partial charge in [-0.05, 0) is 22.0 Å². The van der Waals surface area contributed by atoms with E-state index in [4.69, 9.17) is 0 Å². The van der Waals surface area contributed by atoms with E-state index in [2.05, 4.69) is 26.2 Å². The number of nitrogens with one attached hydrogen (secondary N) is 1. The van der Waals surface area contributed by atoms with E-state index < -0.39 is 26.5 Å². The van der Waals surface area contributed by atoms with Crippen LogP contribution >= 0.6 is 15.9 Å². The summed E-state index contributed by atoms with van der Waals surface area (Å²) < 4.78 is 40.6. The third kappa shape index (κ3) is 3.16. The van der Waals surface area contributed by atoms with Gasteiger partial charge in [-0.1, -0.05) is 5.21 Å². The summed E-state index contributed by atoms with van der Waals surface area (Å²) in [5, 5.41) is 17.4. The number of anilines is 1. The van der Waals surface area contributed by atoms with Gasteiger partial charge in [0.15, 0.2) is 4.60 Å². The van der Waals surface area contributed by atoms with Gasteiger partial charge in [-0.15, -0.1) is 5.10 Å². The Kier molecular flexibility index (Phi) is 3.91. The fraction of sp³-hybridized carbons (Fsp3) is 0.111. The molecule has 21 heavy (non-hydrogen) atoms. The number of rotatable bonds is 4. The fourth-order valence-electron chi connectivity index (χ4n) is 1.55. The summed E-state index contributed by atoms with van der Waals surface area (Å²) in [5.74, 6) is -0.941. The topological polar surface area (TPSA) is 120 Å². The molecular formula is C9H7BrFN5O4S. The molecule has 0 saturated heterocycles. The number of aryl methyl sites for hydroxylation is 1. The first-order chi connectivity index (χ1) is 9.70. The molecule has 0 amide bonds. The van der Waals surface area contributed by atoms with Gasteiger partial charge in [-0.25, -0.2) is 9.07 Å². The molecule has 1 aromatic heterocycles. The lowest BCUT2D eigenvalue weighted by Gasteiger charge is -2.08. The van der Waals surface area contributed by atoms with Gasteiger partial charge in [-0.3, -0.25) is 14.8 Å². The number of aromatic nitrogens is 3. The molecule has 0 spiro atoms. The Morgan fingerprint density at radius 1 is 1.43 bits per heavy atom. The number of halogens is 2. The Hall–Kier alpha value is -2.08. The Morgan fingerprint density at radius 3 is 2.62 bits per heavy atom. The van der Waals surface area contributed by atoms with E-state index in [9.17, 15) is 22.9 Å². The van der Waals surface area contributed by atoms with Crippen LogP contribution in [0.2, 0.25) is 0 Å². The largest absolute Gasteiger partial charge is 0.281 e. The predicted molar refractivity (Wildman–Crippen MR) is 72.6 cm³/mol. The molecule has 2 rings (SSSR count). The van der Waals surface area contributed by atoms with Crippen molar-refractivity contribution in [2.45, 2.75) is 5.03 Å². The second-order valence-corrected chi connectivity index (χ2v) is 6.22. The molecule has 2 aromatic rings. The van der Waals surface area contributed by atoms with Gasteiger partial charge in [0.1, 0.15) is 5.82 Å². The van der Waals surface area contributed by atoms with Crippen LogP contribution in [-0.2, 0) is 17.1 Å². The summed E-state index contributed by atoms with van der Waals surface area (Å²) in [6.45, 7) is 0. The number of hydrogen-bond acceptors (Lipinski definition) is 6. The number of benzene rings is 1. The minimum Gasteiger partial charge on any atom is -0.278 e. The highest BCUT2D eigenvalue weighted by molar-refractivity contribution is 9.10. The predicted octanol–water partition coefficient (Wildman–Crippen LogP) is 1.43. The van der Waals surface area contributed by atoms with Crippen LogP contribution in [0.1, 0.15) is 0 Å². The number of nitro groups is 1.